The molecule has 0 saturated heterocycles. The Labute approximate surface area is 161 Å². The molecule has 0 spiro atoms. The zero-order valence-electron chi connectivity index (χ0n) is 16.0. The molecule has 6 heteroatoms. The van der Waals surface area contributed by atoms with Crippen molar-refractivity contribution in [2.45, 2.75) is 43.9 Å². The summed E-state index contributed by atoms with van der Waals surface area (Å²) in [5, 5.41) is 0. The lowest BCUT2D eigenvalue weighted by Crippen LogP contribution is -2.33. The number of carbonyl (C=O) groups is 1. The summed E-state index contributed by atoms with van der Waals surface area (Å²) in [6, 6.07) is 14.7. The summed E-state index contributed by atoms with van der Waals surface area (Å²) in [5.41, 5.74) is 3.13. The Hall–Kier alpha value is -2.18. The first-order valence-corrected chi connectivity index (χ1v) is 10.7. The highest BCUT2D eigenvalue weighted by atomic mass is 32.2. The number of benzene rings is 2. The number of nitrogens with zero attached hydrogens (tertiary/aromatic N) is 1. The van der Waals surface area contributed by atoms with Gasteiger partial charge in [-0.15, -0.1) is 0 Å². The number of carbonyl (C=O) groups excluding carboxylic acids is 1. The minimum atomic E-state index is -3.62. The monoisotopic (exact) mass is 386 g/mol. The normalized spacial score (nSPS) is 14.3. The summed E-state index contributed by atoms with van der Waals surface area (Å²) < 4.78 is 27.5. The Kier molecular flexibility index (Phi) is 5.40. The van der Waals surface area contributed by atoms with Gasteiger partial charge in [-0.3, -0.25) is 4.79 Å². The van der Waals surface area contributed by atoms with Gasteiger partial charge in [0.2, 0.25) is 15.9 Å². The van der Waals surface area contributed by atoms with Crippen molar-refractivity contribution < 1.29 is 13.2 Å². The van der Waals surface area contributed by atoms with Gasteiger partial charge in [-0.25, -0.2) is 13.1 Å². The summed E-state index contributed by atoms with van der Waals surface area (Å²) in [4.78, 5) is 14.4. The van der Waals surface area contributed by atoms with Gasteiger partial charge in [-0.05, 0) is 41.2 Å². The highest BCUT2D eigenvalue weighted by Gasteiger charge is 2.24. The van der Waals surface area contributed by atoms with Crippen LogP contribution in [0.5, 0.6) is 0 Å². The third-order valence-corrected chi connectivity index (χ3v) is 6.33. The standard InChI is InChI=1S/C21H26N2O3S/c1-21(2,3)17-8-10-18(11-9-17)27(25,26)22-14-12-20(24)23-15-13-16-6-4-5-7-19(16)23/h4-11,22H,12-15H2,1-3H3. The van der Waals surface area contributed by atoms with Crippen molar-refractivity contribution in [3.05, 3.63) is 59.7 Å². The Bertz CT molecular complexity index is 929. The quantitative estimate of drug-likeness (QED) is 0.858. The van der Waals surface area contributed by atoms with Crippen LogP contribution in [0.1, 0.15) is 38.3 Å². The second-order valence-electron chi connectivity index (χ2n) is 7.85. The molecule has 2 aromatic rings. The topological polar surface area (TPSA) is 66.5 Å². The molecule has 0 saturated carbocycles. The Morgan fingerprint density at radius 1 is 1.07 bits per heavy atom. The van der Waals surface area contributed by atoms with Crippen LogP contribution in [0.4, 0.5) is 5.69 Å². The number of nitrogens with one attached hydrogen (secondary N) is 1. The number of hydrogen-bond donors (Lipinski definition) is 1. The summed E-state index contributed by atoms with van der Waals surface area (Å²) in [6.45, 7) is 6.98. The van der Waals surface area contributed by atoms with Gasteiger partial charge < -0.3 is 4.90 Å². The van der Waals surface area contributed by atoms with Crippen molar-refractivity contribution in [1.29, 1.82) is 0 Å². The number of para-hydroxylation sites is 1. The Morgan fingerprint density at radius 3 is 2.41 bits per heavy atom. The van der Waals surface area contributed by atoms with Gasteiger partial charge >= 0.3 is 0 Å². The van der Waals surface area contributed by atoms with Crippen LogP contribution >= 0.6 is 0 Å². The van der Waals surface area contributed by atoms with E-state index in [4.69, 9.17) is 0 Å². The van der Waals surface area contributed by atoms with Crippen LogP contribution in [0.2, 0.25) is 0 Å². The maximum atomic E-state index is 12.5. The van der Waals surface area contributed by atoms with Crippen LogP contribution in [0, 0.1) is 0 Å². The molecule has 0 bridgehead atoms. The molecule has 0 unspecified atom stereocenters. The predicted octanol–water partition coefficient (Wildman–Crippen LogP) is 3.24. The molecule has 0 aliphatic carbocycles. The molecule has 1 amide bonds. The van der Waals surface area contributed by atoms with E-state index in [-0.39, 0.29) is 29.2 Å². The second kappa shape index (κ2) is 7.44. The van der Waals surface area contributed by atoms with E-state index in [0.29, 0.717) is 6.54 Å². The van der Waals surface area contributed by atoms with E-state index in [1.54, 1.807) is 17.0 Å². The molecule has 1 heterocycles. The van der Waals surface area contributed by atoms with Gasteiger partial charge in [-0.1, -0.05) is 51.1 Å². The molecule has 5 nitrogen and oxygen atoms in total. The van der Waals surface area contributed by atoms with Crippen molar-refractivity contribution in [1.82, 2.24) is 4.72 Å². The molecule has 0 radical (unpaired) electrons. The summed E-state index contributed by atoms with van der Waals surface area (Å²) >= 11 is 0. The highest BCUT2D eigenvalue weighted by Crippen LogP contribution is 2.28. The molecule has 27 heavy (non-hydrogen) atoms. The maximum Gasteiger partial charge on any atom is 0.240 e. The van der Waals surface area contributed by atoms with Gasteiger partial charge in [0.25, 0.3) is 0 Å². The second-order valence-corrected chi connectivity index (χ2v) is 9.61. The van der Waals surface area contributed by atoms with Crippen LogP contribution in [0.3, 0.4) is 0 Å². The minimum Gasteiger partial charge on any atom is -0.312 e. The van der Waals surface area contributed by atoms with Gasteiger partial charge in [0.15, 0.2) is 0 Å². The number of hydrogen-bond acceptors (Lipinski definition) is 3. The molecule has 2 aromatic carbocycles. The van der Waals surface area contributed by atoms with E-state index in [0.717, 1.165) is 23.2 Å². The van der Waals surface area contributed by atoms with E-state index in [2.05, 4.69) is 25.5 Å². The van der Waals surface area contributed by atoms with E-state index in [1.165, 1.54) is 0 Å². The predicted molar refractivity (Wildman–Crippen MR) is 107 cm³/mol. The summed E-state index contributed by atoms with van der Waals surface area (Å²) in [5.74, 6) is -0.0641. The number of sulfonamides is 1. The number of rotatable bonds is 5. The van der Waals surface area contributed by atoms with Gasteiger partial charge in [0.1, 0.15) is 0 Å². The third-order valence-electron chi connectivity index (χ3n) is 4.85. The van der Waals surface area contributed by atoms with Crippen molar-refractivity contribution in [3.8, 4) is 0 Å². The van der Waals surface area contributed by atoms with Crippen LogP contribution in [-0.4, -0.2) is 27.4 Å². The van der Waals surface area contributed by atoms with Crippen LogP contribution in [0.15, 0.2) is 53.4 Å². The minimum absolute atomic E-state index is 0.0336. The van der Waals surface area contributed by atoms with Crippen molar-refractivity contribution in [3.63, 3.8) is 0 Å². The molecule has 1 aliphatic rings. The molecule has 1 aliphatic heterocycles. The first-order chi connectivity index (χ1) is 12.7. The molecule has 144 valence electrons. The largest absolute Gasteiger partial charge is 0.312 e. The van der Waals surface area contributed by atoms with Crippen molar-refractivity contribution in [2.75, 3.05) is 18.0 Å². The Balaban J connectivity index is 1.59. The van der Waals surface area contributed by atoms with E-state index in [9.17, 15) is 13.2 Å². The van der Waals surface area contributed by atoms with E-state index < -0.39 is 10.0 Å². The molecular formula is C21H26N2O3S. The fraction of sp³-hybridized carbons (Fsp3) is 0.381. The molecule has 1 N–H and O–H groups in total. The number of anilines is 1. The number of fused-ring (bicyclic) bond motifs is 1. The lowest BCUT2D eigenvalue weighted by atomic mass is 9.87. The molecule has 0 atom stereocenters. The fourth-order valence-electron chi connectivity index (χ4n) is 3.24. The maximum absolute atomic E-state index is 12.5. The molecule has 0 aromatic heterocycles. The van der Waals surface area contributed by atoms with E-state index in [1.807, 2.05) is 36.4 Å². The summed E-state index contributed by atoms with van der Waals surface area (Å²) in [7, 11) is -3.62. The molecule has 0 fully saturated rings. The smallest absolute Gasteiger partial charge is 0.240 e. The summed E-state index contributed by atoms with van der Waals surface area (Å²) in [6.07, 6.45) is 0.974. The fourth-order valence-corrected chi connectivity index (χ4v) is 4.27. The average molecular weight is 387 g/mol. The van der Waals surface area contributed by atoms with Gasteiger partial charge in [0.05, 0.1) is 4.90 Å². The highest BCUT2D eigenvalue weighted by molar-refractivity contribution is 7.89. The zero-order valence-corrected chi connectivity index (χ0v) is 16.8. The Morgan fingerprint density at radius 2 is 1.74 bits per heavy atom. The average Bonchev–Trinajstić information content (AvgIpc) is 3.05. The zero-order chi connectivity index (χ0) is 19.7. The molecular weight excluding hydrogens is 360 g/mol. The lowest BCUT2D eigenvalue weighted by molar-refractivity contribution is -0.118. The van der Waals surface area contributed by atoms with Gasteiger partial charge in [0, 0.05) is 25.2 Å². The van der Waals surface area contributed by atoms with Gasteiger partial charge in [-0.2, -0.15) is 0 Å². The van der Waals surface area contributed by atoms with Crippen LogP contribution in [0.25, 0.3) is 0 Å². The number of amides is 1. The lowest BCUT2D eigenvalue weighted by Gasteiger charge is -2.19. The van der Waals surface area contributed by atoms with Crippen LogP contribution in [-0.2, 0) is 26.7 Å². The first-order valence-electron chi connectivity index (χ1n) is 9.17. The van der Waals surface area contributed by atoms with Crippen molar-refractivity contribution >= 4 is 21.6 Å². The molecule has 3 rings (SSSR count). The SMILES string of the molecule is CC(C)(C)c1ccc(S(=O)(=O)NCCC(=O)N2CCc3ccccc32)cc1. The van der Waals surface area contributed by atoms with Crippen molar-refractivity contribution in [2.24, 2.45) is 0 Å². The van der Waals surface area contributed by atoms with E-state index >= 15 is 0 Å². The van der Waals surface area contributed by atoms with Crippen LogP contribution < -0.4 is 9.62 Å². The first kappa shape index (κ1) is 19.6. The third kappa shape index (κ3) is 4.39.